The third-order valence-corrected chi connectivity index (χ3v) is 3.54. The standard InChI is InChI=1S/C19H24N2O2/c1-3-4-10-15-21(2)19(22)20-17-13-8-9-14-18(17)23-16-11-6-5-7-12-16/h5-9,11-14H,3-4,10,15H2,1-2H3,(H,20,22). The van der Waals surface area contributed by atoms with Crippen LogP contribution in [0.15, 0.2) is 54.6 Å². The number of carbonyl (C=O) groups is 1. The number of nitrogens with one attached hydrogen (secondary N) is 1. The molecule has 0 atom stereocenters. The predicted molar refractivity (Wildman–Crippen MR) is 94.1 cm³/mol. The largest absolute Gasteiger partial charge is 0.455 e. The van der Waals surface area contributed by atoms with E-state index in [-0.39, 0.29) is 6.03 Å². The van der Waals surface area contributed by atoms with Crippen molar-refractivity contribution in [1.82, 2.24) is 4.90 Å². The molecule has 2 rings (SSSR count). The van der Waals surface area contributed by atoms with Crippen molar-refractivity contribution in [1.29, 1.82) is 0 Å². The average molecular weight is 312 g/mol. The third-order valence-electron chi connectivity index (χ3n) is 3.54. The van der Waals surface area contributed by atoms with Crippen molar-refractivity contribution in [2.45, 2.75) is 26.2 Å². The highest BCUT2D eigenvalue weighted by Gasteiger charge is 2.11. The molecule has 23 heavy (non-hydrogen) atoms. The summed E-state index contributed by atoms with van der Waals surface area (Å²) in [6.07, 6.45) is 3.29. The lowest BCUT2D eigenvalue weighted by atomic mass is 10.2. The number of unbranched alkanes of at least 4 members (excludes halogenated alkanes) is 2. The number of nitrogens with zero attached hydrogens (tertiary/aromatic N) is 1. The van der Waals surface area contributed by atoms with Crippen molar-refractivity contribution in [2.24, 2.45) is 0 Å². The van der Waals surface area contributed by atoms with Gasteiger partial charge >= 0.3 is 6.03 Å². The maximum Gasteiger partial charge on any atom is 0.321 e. The predicted octanol–water partition coefficient (Wildman–Crippen LogP) is 5.13. The summed E-state index contributed by atoms with van der Waals surface area (Å²) in [6, 6.07) is 16.9. The molecule has 2 aromatic rings. The van der Waals surface area contributed by atoms with Crippen molar-refractivity contribution >= 4 is 11.7 Å². The minimum atomic E-state index is -0.120. The highest BCUT2D eigenvalue weighted by Crippen LogP contribution is 2.29. The number of urea groups is 1. The normalized spacial score (nSPS) is 10.2. The van der Waals surface area contributed by atoms with Crippen molar-refractivity contribution < 1.29 is 9.53 Å². The van der Waals surface area contributed by atoms with Crippen LogP contribution in [0, 0.1) is 0 Å². The van der Waals surface area contributed by atoms with Crippen LogP contribution in [0.1, 0.15) is 26.2 Å². The van der Waals surface area contributed by atoms with Gasteiger partial charge in [0.2, 0.25) is 0 Å². The van der Waals surface area contributed by atoms with Crippen LogP contribution in [0.2, 0.25) is 0 Å². The molecule has 0 aliphatic carbocycles. The third kappa shape index (κ3) is 5.33. The van der Waals surface area contributed by atoms with Crippen LogP contribution in [0.3, 0.4) is 0 Å². The van der Waals surface area contributed by atoms with Crippen LogP contribution in [0.25, 0.3) is 0 Å². The van der Waals surface area contributed by atoms with Crippen molar-refractivity contribution in [3.8, 4) is 11.5 Å². The first kappa shape index (κ1) is 16.9. The van der Waals surface area contributed by atoms with Gasteiger partial charge in [-0.25, -0.2) is 4.79 Å². The van der Waals surface area contributed by atoms with E-state index in [9.17, 15) is 4.79 Å². The van der Waals surface area contributed by atoms with Crippen LogP contribution in [-0.2, 0) is 0 Å². The molecule has 2 aromatic carbocycles. The first-order valence-electron chi connectivity index (χ1n) is 8.04. The van der Waals surface area contributed by atoms with Gasteiger partial charge in [-0.3, -0.25) is 0 Å². The molecule has 0 saturated heterocycles. The second kappa shape index (κ2) is 8.83. The van der Waals surface area contributed by atoms with E-state index in [0.29, 0.717) is 11.4 Å². The topological polar surface area (TPSA) is 41.6 Å². The van der Waals surface area contributed by atoms with Crippen molar-refractivity contribution in [3.05, 3.63) is 54.6 Å². The molecule has 0 radical (unpaired) electrons. The number of anilines is 1. The van der Waals surface area contributed by atoms with Gasteiger partial charge in [0.15, 0.2) is 5.75 Å². The fraction of sp³-hybridized carbons (Fsp3) is 0.316. The highest BCUT2D eigenvalue weighted by molar-refractivity contribution is 5.90. The summed E-state index contributed by atoms with van der Waals surface area (Å²) in [5.74, 6) is 1.37. The summed E-state index contributed by atoms with van der Waals surface area (Å²) in [5.41, 5.74) is 0.670. The Morgan fingerprint density at radius 1 is 1.04 bits per heavy atom. The molecule has 1 N–H and O–H groups in total. The highest BCUT2D eigenvalue weighted by atomic mass is 16.5. The summed E-state index contributed by atoms with van der Waals surface area (Å²) >= 11 is 0. The van der Waals surface area contributed by atoms with Crippen LogP contribution >= 0.6 is 0 Å². The van der Waals surface area contributed by atoms with E-state index in [1.54, 1.807) is 4.90 Å². The molecule has 0 heterocycles. The van der Waals surface area contributed by atoms with Crippen LogP contribution in [0.4, 0.5) is 10.5 Å². The van der Waals surface area contributed by atoms with Gasteiger partial charge < -0.3 is 15.0 Å². The fourth-order valence-corrected chi connectivity index (χ4v) is 2.19. The molecular formula is C19H24N2O2. The Labute approximate surface area is 138 Å². The zero-order valence-corrected chi connectivity index (χ0v) is 13.8. The summed E-state index contributed by atoms with van der Waals surface area (Å²) in [5, 5.41) is 2.92. The molecule has 0 aliphatic rings. The van der Waals surface area contributed by atoms with Crippen molar-refractivity contribution in [3.63, 3.8) is 0 Å². The lowest BCUT2D eigenvalue weighted by molar-refractivity contribution is 0.221. The van der Waals surface area contributed by atoms with Crippen LogP contribution in [-0.4, -0.2) is 24.5 Å². The monoisotopic (exact) mass is 312 g/mol. The number of rotatable bonds is 7. The van der Waals surface area contributed by atoms with Gasteiger partial charge in [-0.05, 0) is 30.7 Å². The SMILES string of the molecule is CCCCCN(C)C(=O)Nc1ccccc1Oc1ccccc1. The van der Waals surface area contributed by atoms with E-state index in [0.717, 1.165) is 31.6 Å². The zero-order valence-electron chi connectivity index (χ0n) is 13.8. The molecule has 0 bridgehead atoms. The molecule has 4 nitrogen and oxygen atoms in total. The second-order valence-corrected chi connectivity index (χ2v) is 5.47. The number of carbonyl (C=O) groups excluding carboxylic acids is 1. The minimum Gasteiger partial charge on any atom is -0.455 e. The van der Waals surface area contributed by atoms with Gasteiger partial charge in [-0.2, -0.15) is 0 Å². The summed E-state index contributed by atoms with van der Waals surface area (Å²) in [7, 11) is 1.81. The van der Waals surface area contributed by atoms with Gasteiger partial charge in [-0.1, -0.05) is 50.1 Å². The lowest BCUT2D eigenvalue weighted by Gasteiger charge is -2.19. The molecule has 4 heteroatoms. The number of hydrogen-bond acceptors (Lipinski definition) is 2. The Kier molecular flexibility index (Phi) is 6.48. The Bertz CT molecular complexity index is 614. The fourth-order valence-electron chi connectivity index (χ4n) is 2.19. The molecule has 122 valence electrons. The average Bonchev–Trinajstić information content (AvgIpc) is 2.57. The Hall–Kier alpha value is -2.49. The number of amides is 2. The lowest BCUT2D eigenvalue weighted by Crippen LogP contribution is -2.32. The van der Waals surface area contributed by atoms with Crippen molar-refractivity contribution in [2.75, 3.05) is 18.9 Å². The maximum absolute atomic E-state index is 12.3. The first-order valence-corrected chi connectivity index (χ1v) is 8.04. The summed E-state index contributed by atoms with van der Waals surface area (Å²) in [6.45, 7) is 2.90. The Morgan fingerprint density at radius 2 is 1.74 bits per heavy atom. The molecule has 0 aliphatic heterocycles. The number of para-hydroxylation sites is 3. The zero-order chi connectivity index (χ0) is 16.5. The Balaban J connectivity index is 2.01. The Morgan fingerprint density at radius 3 is 2.48 bits per heavy atom. The quantitative estimate of drug-likeness (QED) is 0.720. The number of ether oxygens (including phenoxy) is 1. The minimum absolute atomic E-state index is 0.120. The summed E-state index contributed by atoms with van der Waals surface area (Å²) < 4.78 is 5.86. The van der Waals surface area contributed by atoms with Crippen LogP contribution in [0.5, 0.6) is 11.5 Å². The molecule has 0 spiro atoms. The van der Waals surface area contributed by atoms with Gasteiger partial charge in [-0.15, -0.1) is 0 Å². The van der Waals surface area contributed by atoms with Gasteiger partial charge in [0.1, 0.15) is 5.75 Å². The molecule has 0 unspecified atom stereocenters. The number of hydrogen-bond donors (Lipinski definition) is 1. The molecule has 0 aromatic heterocycles. The van der Waals surface area contributed by atoms with E-state index in [2.05, 4.69) is 12.2 Å². The van der Waals surface area contributed by atoms with Gasteiger partial charge in [0.05, 0.1) is 5.69 Å². The summed E-state index contributed by atoms with van der Waals surface area (Å²) in [4.78, 5) is 14.0. The first-order chi connectivity index (χ1) is 11.2. The smallest absolute Gasteiger partial charge is 0.321 e. The molecular weight excluding hydrogens is 288 g/mol. The number of benzene rings is 2. The van der Waals surface area contributed by atoms with E-state index >= 15 is 0 Å². The van der Waals surface area contributed by atoms with Gasteiger partial charge in [0.25, 0.3) is 0 Å². The van der Waals surface area contributed by atoms with E-state index < -0.39 is 0 Å². The van der Waals surface area contributed by atoms with E-state index in [4.69, 9.17) is 4.74 Å². The molecule has 2 amide bonds. The van der Waals surface area contributed by atoms with E-state index in [1.165, 1.54) is 0 Å². The molecule has 0 saturated carbocycles. The maximum atomic E-state index is 12.3. The molecule has 0 fully saturated rings. The van der Waals surface area contributed by atoms with Crippen LogP contribution < -0.4 is 10.1 Å². The second-order valence-electron chi connectivity index (χ2n) is 5.47. The van der Waals surface area contributed by atoms with Gasteiger partial charge in [0, 0.05) is 13.6 Å². The van der Waals surface area contributed by atoms with E-state index in [1.807, 2.05) is 61.6 Å².